The van der Waals surface area contributed by atoms with E-state index in [0.717, 1.165) is 44.1 Å². The summed E-state index contributed by atoms with van der Waals surface area (Å²) in [5.41, 5.74) is 20.1. The molecule has 0 spiro atoms. The first kappa shape index (κ1) is 25.4. The van der Waals surface area contributed by atoms with Crippen LogP contribution in [-0.4, -0.2) is 43.1 Å². The summed E-state index contributed by atoms with van der Waals surface area (Å²) in [7, 11) is 3.14. The number of esters is 1. The maximum atomic E-state index is 12.0. The minimum atomic E-state index is -0.537. The van der Waals surface area contributed by atoms with Crippen LogP contribution in [0.5, 0.6) is 0 Å². The lowest BCUT2D eigenvalue weighted by Gasteiger charge is -2.26. The number of anilines is 3. The summed E-state index contributed by atoms with van der Waals surface area (Å²) in [5, 5.41) is 0. The third kappa shape index (κ3) is 7.06. The highest BCUT2D eigenvalue weighted by atomic mass is 16.7. The predicted molar refractivity (Wildman–Crippen MR) is 125 cm³/mol. The van der Waals surface area contributed by atoms with Crippen molar-refractivity contribution >= 4 is 23.6 Å². The molecule has 2 rings (SSSR count). The molecule has 6 N–H and O–H groups in total. The van der Waals surface area contributed by atoms with Gasteiger partial charge in [-0.2, -0.15) is 9.97 Å². The van der Waals surface area contributed by atoms with E-state index in [1.807, 2.05) is 24.3 Å². The maximum Gasteiger partial charge on any atom is 0.338 e. The molecule has 0 saturated carbocycles. The van der Waals surface area contributed by atoms with Gasteiger partial charge in [-0.05, 0) is 43.4 Å². The van der Waals surface area contributed by atoms with Crippen LogP contribution in [0.25, 0.3) is 0 Å². The van der Waals surface area contributed by atoms with Crippen LogP contribution in [0.1, 0.15) is 66.4 Å². The molecule has 2 aromatic rings. The molecule has 9 heteroatoms. The molecular formula is C23H35N5O4. The van der Waals surface area contributed by atoms with Crippen molar-refractivity contribution in [2.24, 2.45) is 0 Å². The van der Waals surface area contributed by atoms with Gasteiger partial charge in [-0.3, -0.25) is 0 Å². The van der Waals surface area contributed by atoms with Crippen LogP contribution in [0, 0.1) is 0 Å². The molecule has 0 radical (unpaired) electrons. The van der Waals surface area contributed by atoms with Crippen LogP contribution >= 0.6 is 0 Å². The Balaban J connectivity index is 1.95. The third-order valence-corrected chi connectivity index (χ3v) is 5.34. The van der Waals surface area contributed by atoms with Gasteiger partial charge >= 0.3 is 5.97 Å². The van der Waals surface area contributed by atoms with Gasteiger partial charge < -0.3 is 31.4 Å². The molecule has 1 atom stereocenters. The summed E-state index contributed by atoms with van der Waals surface area (Å²) >= 11 is 0. The van der Waals surface area contributed by atoms with Crippen molar-refractivity contribution in [3.05, 3.63) is 41.0 Å². The third-order valence-electron chi connectivity index (χ3n) is 5.34. The number of nitrogens with zero attached hydrogens (tertiary/aromatic N) is 2. The van der Waals surface area contributed by atoms with Gasteiger partial charge in [0.05, 0.1) is 12.2 Å². The number of aromatic nitrogens is 2. The van der Waals surface area contributed by atoms with Crippen LogP contribution in [0.2, 0.25) is 0 Å². The number of nitrogens with two attached hydrogens (primary N) is 3. The second-order valence-electron chi connectivity index (χ2n) is 7.64. The van der Waals surface area contributed by atoms with Crippen molar-refractivity contribution in [2.75, 3.05) is 38.0 Å². The zero-order chi connectivity index (χ0) is 23.5. The van der Waals surface area contributed by atoms with Crippen LogP contribution in [0.3, 0.4) is 0 Å². The fourth-order valence-electron chi connectivity index (χ4n) is 3.64. The second-order valence-corrected chi connectivity index (χ2v) is 7.64. The van der Waals surface area contributed by atoms with Gasteiger partial charge in [-0.15, -0.1) is 0 Å². The molecule has 1 aromatic carbocycles. The molecule has 0 aliphatic heterocycles. The Morgan fingerprint density at radius 2 is 1.59 bits per heavy atom. The topological polar surface area (TPSA) is 149 Å². The zero-order valence-electron chi connectivity index (χ0n) is 19.2. The molecule has 0 aliphatic carbocycles. The largest absolute Gasteiger partial charge is 0.462 e. The van der Waals surface area contributed by atoms with E-state index in [1.165, 1.54) is 0 Å². The number of rotatable bonds is 13. The van der Waals surface area contributed by atoms with Crippen molar-refractivity contribution in [3.8, 4) is 0 Å². The second kappa shape index (κ2) is 12.8. The fraction of sp³-hybridized carbons (Fsp3) is 0.522. The van der Waals surface area contributed by atoms with Crippen molar-refractivity contribution in [2.45, 2.75) is 57.7 Å². The summed E-state index contributed by atoms with van der Waals surface area (Å²) < 4.78 is 16.2. The first-order valence-electron chi connectivity index (χ1n) is 10.9. The highest BCUT2D eigenvalue weighted by Gasteiger charge is 2.28. The SMILES string of the molecule is CCCCOC(=O)c1ccc(CCCCC(c2c(N)nc(N)nc2N)C(OC)OC)cc1. The Labute approximate surface area is 189 Å². The first-order valence-corrected chi connectivity index (χ1v) is 10.9. The minimum absolute atomic E-state index is 0.0339. The number of nitrogen functional groups attached to an aromatic ring is 3. The van der Waals surface area contributed by atoms with E-state index in [1.54, 1.807) is 14.2 Å². The summed E-state index contributed by atoms with van der Waals surface area (Å²) in [6.07, 6.45) is 4.71. The number of hydrogen-bond acceptors (Lipinski definition) is 9. The lowest BCUT2D eigenvalue weighted by atomic mass is 9.92. The average molecular weight is 446 g/mol. The summed E-state index contributed by atoms with van der Waals surface area (Å²) in [4.78, 5) is 20.1. The van der Waals surface area contributed by atoms with Crippen LogP contribution in [0.4, 0.5) is 17.6 Å². The van der Waals surface area contributed by atoms with Gasteiger partial charge in [-0.1, -0.05) is 31.9 Å². The van der Waals surface area contributed by atoms with E-state index in [9.17, 15) is 4.79 Å². The standard InChI is InChI=1S/C23H35N5O4/c1-4-5-14-32-21(29)16-12-10-15(11-13-16)8-6-7-9-17(22(30-2)31-3)18-19(24)27-23(26)28-20(18)25/h10-13,17,22H,4-9,14H2,1-3H3,(H6,24,25,26,27,28). The quantitative estimate of drug-likeness (QED) is 0.240. The van der Waals surface area contributed by atoms with E-state index in [0.29, 0.717) is 17.7 Å². The molecule has 176 valence electrons. The molecule has 0 aliphatic rings. The number of methoxy groups -OCH3 is 2. The number of ether oxygens (including phenoxy) is 3. The van der Waals surface area contributed by atoms with E-state index in [2.05, 4.69) is 16.9 Å². The lowest BCUT2D eigenvalue weighted by molar-refractivity contribution is -0.119. The number of unbranched alkanes of at least 4 members (excludes halogenated alkanes) is 2. The smallest absolute Gasteiger partial charge is 0.338 e. The Morgan fingerprint density at radius 1 is 0.969 bits per heavy atom. The van der Waals surface area contributed by atoms with E-state index >= 15 is 0 Å². The molecule has 0 amide bonds. The minimum Gasteiger partial charge on any atom is -0.462 e. The van der Waals surface area contributed by atoms with Gasteiger partial charge in [0.2, 0.25) is 5.95 Å². The van der Waals surface area contributed by atoms with Gasteiger partial charge in [-0.25, -0.2) is 4.79 Å². The molecule has 0 fully saturated rings. The Morgan fingerprint density at radius 3 is 2.16 bits per heavy atom. The summed E-state index contributed by atoms with van der Waals surface area (Å²) in [6, 6.07) is 7.55. The zero-order valence-corrected chi connectivity index (χ0v) is 19.2. The molecule has 0 saturated heterocycles. The van der Waals surface area contributed by atoms with E-state index < -0.39 is 6.29 Å². The number of carbonyl (C=O) groups excluding carboxylic acids is 1. The first-order chi connectivity index (χ1) is 15.4. The highest BCUT2D eigenvalue weighted by molar-refractivity contribution is 5.89. The van der Waals surface area contributed by atoms with Crippen molar-refractivity contribution in [1.82, 2.24) is 9.97 Å². The Hall–Kier alpha value is -2.91. The Kier molecular flexibility index (Phi) is 10.2. The fourth-order valence-corrected chi connectivity index (χ4v) is 3.64. The van der Waals surface area contributed by atoms with Gasteiger partial charge in [0.25, 0.3) is 0 Å². The van der Waals surface area contributed by atoms with Gasteiger partial charge in [0.1, 0.15) is 11.6 Å². The number of benzene rings is 1. The average Bonchev–Trinajstić information content (AvgIpc) is 2.77. The molecule has 32 heavy (non-hydrogen) atoms. The van der Waals surface area contributed by atoms with Crippen LogP contribution in [0.15, 0.2) is 24.3 Å². The molecular weight excluding hydrogens is 410 g/mol. The molecule has 0 bridgehead atoms. The number of hydrogen-bond donors (Lipinski definition) is 3. The Bertz CT molecular complexity index is 833. The van der Waals surface area contributed by atoms with E-state index in [4.69, 9.17) is 31.4 Å². The highest BCUT2D eigenvalue weighted by Crippen LogP contribution is 2.34. The van der Waals surface area contributed by atoms with Gasteiger partial charge in [0, 0.05) is 25.7 Å². The normalized spacial score (nSPS) is 12.1. The van der Waals surface area contributed by atoms with E-state index in [-0.39, 0.29) is 29.5 Å². The summed E-state index contributed by atoms with van der Waals surface area (Å²) in [5.74, 6) is -0.00243. The van der Waals surface area contributed by atoms with Crippen molar-refractivity contribution < 1.29 is 19.0 Å². The number of aryl methyl sites for hydroxylation is 1. The van der Waals surface area contributed by atoms with Crippen molar-refractivity contribution in [3.63, 3.8) is 0 Å². The number of carbonyl (C=O) groups is 1. The molecule has 1 aromatic heterocycles. The summed E-state index contributed by atoms with van der Waals surface area (Å²) in [6.45, 7) is 2.51. The van der Waals surface area contributed by atoms with Gasteiger partial charge in [0.15, 0.2) is 6.29 Å². The van der Waals surface area contributed by atoms with Crippen molar-refractivity contribution in [1.29, 1.82) is 0 Å². The van der Waals surface area contributed by atoms with Crippen LogP contribution < -0.4 is 17.2 Å². The van der Waals surface area contributed by atoms with Crippen LogP contribution in [-0.2, 0) is 20.6 Å². The molecule has 1 heterocycles. The molecule has 1 unspecified atom stereocenters. The molecule has 9 nitrogen and oxygen atoms in total. The maximum absolute atomic E-state index is 12.0. The monoisotopic (exact) mass is 445 g/mol. The predicted octanol–water partition coefficient (Wildman–Crippen LogP) is 3.30. The lowest BCUT2D eigenvalue weighted by Crippen LogP contribution is -2.26.